The zero-order chi connectivity index (χ0) is 5.70. The van der Waals surface area contributed by atoms with Crippen LogP contribution in [0.15, 0.2) is 24.3 Å². The predicted molar refractivity (Wildman–Crippen MR) is 33.9 cm³/mol. The summed E-state index contributed by atoms with van der Waals surface area (Å²) in [6.45, 7) is 9.27. The normalized spacial score (nSPS) is 10.0. The van der Waals surface area contributed by atoms with Crippen molar-refractivity contribution in [1.82, 2.24) is 0 Å². The van der Waals surface area contributed by atoms with Crippen molar-refractivity contribution < 1.29 is 0 Å². The van der Waals surface area contributed by atoms with Crippen molar-refractivity contribution in [3.8, 4) is 0 Å². The fraction of sp³-hybridized carbons (Fsp3) is 0.286. The van der Waals surface area contributed by atoms with Gasteiger partial charge in [0.05, 0.1) is 0 Å². The summed E-state index contributed by atoms with van der Waals surface area (Å²) in [5.74, 6) is 0. The number of rotatable bonds is 2. The quantitative estimate of drug-likeness (QED) is 0.462. The Balaban J connectivity index is 3.26. The number of hydrogen-bond acceptors (Lipinski definition) is 0. The van der Waals surface area contributed by atoms with Crippen LogP contribution in [0.3, 0.4) is 0 Å². The van der Waals surface area contributed by atoms with E-state index in [0.29, 0.717) is 0 Å². The first-order chi connectivity index (χ1) is 3.27. The van der Waals surface area contributed by atoms with Crippen molar-refractivity contribution in [1.29, 1.82) is 0 Å². The molecule has 0 heteroatoms. The third-order valence-electron chi connectivity index (χ3n) is 0.569. The lowest BCUT2D eigenvalue weighted by atomic mass is 10.3. The van der Waals surface area contributed by atoms with Crippen molar-refractivity contribution in [2.45, 2.75) is 13.3 Å². The molecule has 1 radical (unpaired) electrons. The summed E-state index contributed by atoms with van der Waals surface area (Å²) in [7, 11) is 0. The van der Waals surface area contributed by atoms with Gasteiger partial charge in [-0.15, -0.1) is 0 Å². The van der Waals surface area contributed by atoms with E-state index in [1.807, 2.05) is 19.1 Å². The van der Waals surface area contributed by atoms with E-state index in [1.165, 1.54) is 0 Å². The van der Waals surface area contributed by atoms with Crippen molar-refractivity contribution in [2.24, 2.45) is 0 Å². The predicted octanol–water partition coefficient (Wildman–Crippen LogP) is 2.34. The van der Waals surface area contributed by atoms with Crippen LogP contribution >= 0.6 is 0 Å². The number of hydrogen-bond donors (Lipinski definition) is 0. The summed E-state index contributed by atoms with van der Waals surface area (Å²) in [4.78, 5) is 0. The third-order valence-corrected chi connectivity index (χ3v) is 0.569. The van der Waals surface area contributed by atoms with E-state index in [2.05, 4.69) is 13.5 Å². The van der Waals surface area contributed by atoms with Gasteiger partial charge in [0.1, 0.15) is 0 Å². The minimum atomic E-state index is 0.854. The molecule has 7 heavy (non-hydrogen) atoms. The van der Waals surface area contributed by atoms with Gasteiger partial charge in [0.15, 0.2) is 0 Å². The Morgan fingerprint density at radius 1 is 1.71 bits per heavy atom. The average molecular weight is 95.2 g/mol. The smallest absolute Gasteiger partial charge is 0.0347 e. The second-order valence-electron chi connectivity index (χ2n) is 1.54. The summed E-state index contributed by atoms with van der Waals surface area (Å²) < 4.78 is 0. The SMILES string of the molecule is [CH2]CC=CC(=C)C. The van der Waals surface area contributed by atoms with Gasteiger partial charge >= 0.3 is 0 Å². The Morgan fingerprint density at radius 2 is 2.29 bits per heavy atom. The Labute approximate surface area is 45.5 Å². The molecule has 0 rings (SSSR count). The Morgan fingerprint density at radius 3 is 2.43 bits per heavy atom. The Kier molecular flexibility index (Phi) is 3.39. The molecule has 0 bridgehead atoms. The molecule has 0 fully saturated rings. The van der Waals surface area contributed by atoms with Crippen molar-refractivity contribution in [2.75, 3.05) is 0 Å². The molecule has 0 unspecified atom stereocenters. The van der Waals surface area contributed by atoms with Crippen molar-refractivity contribution in [3.63, 3.8) is 0 Å². The molecule has 39 valence electrons. The first-order valence-corrected chi connectivity index (χ1v) is 2.38. The Bertz CT molecular complexity index is 78.0. The molecule has 0 heterocycles. The van der Waals surface area contributed by atoms with Gasteiger partial charge in [-0.3, -0.25) is 0 Å². The van der Waals surface area contributed by atoms with Crippen LogP contribution in [0.25, 0.3) is 0 Å². The average Bonchev–Trinajstić information content (AvgIpc) is 1.61. The van der Waals surface area contributed by atoms with E-state index in [0.717, 1.165) is 12.0 Å². The van der Waals surface area contributed by atoms with Crippen LogP contribution in [-0.4, -0.2) is 0 Å². The van der Waals surface area contributed by atoms with Crippen molar-refractivity contribution in [3.05, 3.63) is 31.2 Å². The molecular formula is C7H11. The van der Waals surface area contributed by atoms with Crippen LogP contribution in [0, 0.1) is 6.92 Å². The topological polar surface area (TPSA) is 0 Å². The maximum absolute atomic E-state index is 3.68. The fourth-order valence-electron chi connectivity index (χ4n) is 0.285. The maximum Gasteiger partial charge on any atom is -0.0347 e. The first-order valence-electron chi connectivity index (χ1n) is 2.38. The highest BCUT2D eigenvalue weighted by molar-refractivity contribution is 5.10. The van der Waals surface area contributed by atoms with E-state index in [1.54, 1.807) is 0 Å². The molecule has 0 saturated carbocycles. The van der Waals surface area contributed by atoms with E-state index < -0.39 is 0 Å². The third kappa shape index (κ3) is 5.48. The molecule has 0 aromatic carbocycles. The maximum atomic E-state index is 3.68. The highest BCUT2D eigenvalue weighted by atomic mass is 13.7. The molecular weight excluding hydrogens is 84.1 g/mol. The van der Waals surface area contributed by atoms with Gasteiger partial charge in [0.2, 0.25) is 0 Å². The summed E-state index contributed by atoms with van der Waals surface area (Å²) in [5.41, 5.74) is 1.09. The van der Waals surface area contributed by atoms with Gasteiger partial charge in [-0.05, 0) is 20.3 Å². The standard InChI is InChI=1S/C7H11/c1-4-5-6-7(2)3/h5-6H,1-2,4H2,3H3. The lowest BCUT2D eigenvalue weighted by molar-refractivity contribution is 1.38. The molecule has 0 aliphatic heterocycles. The minimum absolute atomic E-state index is 0.854. The van der Waals surface area contributed by atoms with Gasteiger partial charge in [-0.2, -0.15) is 0 Å². The fourth-order valence-corrected chi connectivity index (χ4v) is 0.285. The second-order valence-corrected chi connectivity index (χ2v) is 1.54. The molecule has 0 aliphatic rings. The lowest BCUT2D eigenvalue weighted by Gasteiger charge is -1.79. The van der Waals surface area contributed by atoms with Crippen LogP contribution in [0.1, 0.15) is 13.3 Å². The molecule has 0 nitrogen and oxygen atoms in total. The lowest BCUT2D eigenvalue weighted by Crippen LogP contribution is -1.58. The zero-order valence-corrected chi connectivity index (χ0v) is 4.78. The second kappa shape index (κ2) is 3.66. The van der Waals surface area contributed by atoms with Gasteiger partial charge in [0, 0.05) is 0 Å². The van der Waals surface area contributed by atoms with E-state index in [-0.39, 0.29) is 0 Å². The summed E-state index contributed by atoms with van der Waals surface area (Å²) in [6.07, 6.45) is 4.81. The molecule has 0 N–H and O–H groups in total. The molecule has 0 aromatic heterocycles. The molecule has 0 amide bonds. The molecule has 0 atom stereocenters. The van der Waals surface area contributed by atoms with Crippen LogP contribution < -0.4 is 0 Å². The molecule has 0 aromatic rings. The molecule has 0 spiro atoms. The number of allylic oxidation sites excluding steroid dienone is 3. The Hall–Kier alpha value is -0.520. The van der Waals surface area contributed by atoms with E-state index >= 15 is 0 Å². The zero-order valence-electron chi connectivity index (χ0n) is 4.78. The molecule has 0 saturated heterocycles. The monoisotopic (exact) mass is 95.1 g/mol. The van der Waals surface area contributed by atoms with Crippen molar-refractivity contribution >= 4 is 0 Å². The largest absolute Gasteiger partial charge is 0.0961 e. The summed E-state index contributed by atoms with van der Waals surface area (Å²) >= 11 is 0. The summed E-state index contributed by atoms with van der Waals surface area (Å²) in [6, 6.07) is 0. The van der Waals surface area contributed by atoms with Crippen LogP contribution in [0.2, 0.25) is 0 Å². The van der Waals surface area contributed by atoms with E-state index in [4.69, 9.17) is 0 Å². The highest BCUT2D eigenvalue weighted by Gasteiger charge is 1.67. The van der Waals surface area contributed by atoms with Gasteiger partial charge < -0.3 is 0 Å². The van der Waals surface area contributed by atoms with Crippen LogP contribution in [-0.2, 0) is 0 Å². The van der Waals surface area contributed by atoms with E-state index in [9.17, 15) is 0 Å². The van der Waals surface area contributed by atoms with Crippen LogP contribution in [0.5, 0.6) is 0 Å². The van der Waals surface area contributed by atoms with Gasteiger partial charge in [-0.1, -0.05) is 24.3 Å². The highest BCUT2D eigenvalue weighted by Crippen LogP contribution is 1.89. The van der Waals surface area contributed by atoms with Crippen LogP contribution in [0.4, 0.5) is 0 Å². The van der Waals surface area contributed by atoms with Gasteiger partial charge in [-0.25, -0.2) is 0 Å². The molecule has 0 aliphatic carbocycles. The van der Waals surface area contributed by atoms with Gasteiger partial charge in [0.25, 0.3) is 0 Å². The first kappa shape index (κ1) is 6.48. The summed E-state index contributed by atoms with van der Waals surface area (Å²) in [5, 5.41) is 0. The minimum Gasteiger partial charge on any atom is -0.0961 e.